The predicted octanol–water partition coefficient (Wildman–Crippen LogP) is 3.54. The lowest BCUT2D eigenvalue weighted by Gasteiger charge is -2.19. The van der Waals surface area contributed by atoms with Gasteiger partial charge in [0.2, 0.25) is 0 Å². The number of urea groups is 1. The Morgan fingerprint density at radius 3 is 2.28 bits per heavy atom. The number of benzene rings is 1. The van der Waals surface area contributed by atoms with Crippen molar-refractivity contribution in [3.05, 3.63) is 41.6 Å². The van der Waals surface area contributed by atoms with E-state index in [9.17, 15) is 9.90 Å². The van der Waals surface area contributed by atoms with E-state index >= 15 is 0 Å². The minimum Gasteiger partial charge on any atom is -0.386 e. The van der Waals surface area contributed by atoms with Gasteiger partial charge in [0.05, 0.1) is 17.0 Å². The Kier molecular flexibility index (Phi) is 5.23. The van der Waals surface area contributed by atoms with Gasteiger partial charge in [-0.2, -0.15) is 5.10 Å². The summed E-state index contributed by atoms with van der Waals surface area (Å²) in [5.41, 5.74) is 1.54. The normalized spacial score (nSPS) is 12.1. The molecule has 2 aromatic rings. The third-order valence-electron chi connectivity index (χ3n) is 4.57. The molecule has 1 aromatic carbocycles. The van der Waals surface area contributed by atoms with Gasteiger partial charge in [-0.3, -0.25) is 5.32 Å². The van der Waals surface area contributed by atoms with Crippen LogP contribution < -0.4 is 10.6 Å². The molecule has 1 heterocycles. The summed E-state index contributed by atoms with van der Waals surface area (Å²) in [6.07, 6.45) is 0.932. The van der Waals surface area contributed by atoms with Gasteiger partial charge in [0.15, 0.2) is 0 Å². The fourth-order valence-corrected chi connectivity index (χ4v) is 2.37. The molecule has 0 aliphatic carbocycles. The predicted molar refractivity (Wildman–Crippen MR) is 100 cm³/mol. The van der Waals surface area contributed by atoms with Crippen LogP contribution in [0.15, 0.2) is 30.3 Å². The summed E-state index contributed by atoms with van der Waals surface area (Å²) in [6.45, 7) is 9.86. The van der Waals surface area contributed by atoms with E-state index in [1.165, 1.54) is 0 Å². The number of rotatable bonds is 5. The Hall–Kier alpha value is -2.34. The second-order valence-corrected chi connectivity index (χ2v) is 7.37. The number of anilines is 1. The molecule has 6 heteroatoms. The molecule has 3 N–H and O–H groups in total. The molecule has 0 radical (unpaired) electrons. The molecule has 2 rings (SSSR count). The van der Waals surface area contributed by atoms with E-state index in [0.29, 0.717) is 5.82 Å². The van der Waals surface area contributed by atoms with Gasteiger partial charge in [-0.05, 0) is 38.0 Å². The number of aromatic nitrogens is 2. The van der Waals surface area contributed by atoms with Crippen LogP contribution in [0.25, 0.3) is 5.69 Å². The van der Waals surface area contributed by atoms with Gasteiger partial charge in [-0.25, -0.2) is 9.48 Å². The summed E-state index contributed by atoms with van der Waals surface area (Å²) in [6, 6.07) is 9.12. The summed E-state index contributed by atoms with van der Waals surface area (Å²) < 4.78 is 1.72. The van der Waals surface area contributed by atoms with Crippen molar-refractivity contribution in [2.75, 3.05) is 12.4 Å². The van der Waals surface area contributed by atoms with Crippen LogP contribution in [-0.4, -0.2) is 28.0 Å². The molecule has 0 unspecified atom stereocenters. The van der Waals surface area contributed by atoms with E-state index in [2.05, 4.69) is 31.4 Å². The molecule has 0 aliphatic heterocycles. The number of hydrogen-bond donors (Lipinski definition) is 3. The van der Waals surface area contributed by atoms with Gasteiger partial charge in [-0.1, -0.05) is 32.9 Å². The van der Waals surface area contributed by atoms with Crippen LogP contribution in [0.1, 0.15) is 52.3 Å². The Balaban J connectivity index is 2.49. The summed E-state index contributed by atoms with van der Waals surface area (Å²) in [7, 11) is 1.57. The average molecular weight is 344 g/mol. The van der Waals surface area contributed by atoms with Crippen molar-refractivity contribution < 1.29 is 9.90 Å². The van der Waals surface area contributed by atoms with E-state index in [4.69, 9.17) is 5.10 Å². The first-order chi connectivity index (χ1) is 11.6. The van der Waals surface area contributed by atoms with Crippen molar-refractivity contribution in [3.8, 4) is 5.69 Å². The maximum absolute atomic E-state index is 11.8. The lowest BCUT2D eigenvalue weighted by atomic mass is 9.87. The molecule has 0 spiro atoms. The van der Waals surface area contributed by atoms with E-state index in [1.54, 1.807) is 25.6 Å². The van der Waals surface area contributed by atoms with E-state index in [0.717, 1.165) is 23.4 Å². The number of aliphatic hydroxyl groups is 1. The molecular weight excluding hydrogens is 316 g/mol. The van der Waals surface area contributed by atoms with Crippen molar-refractivity contribution in [1.29, 1.82) is 0 Å². The third kappa shape index (κ3) is 4.20. The van der Waals surface area contributed by atoms with Gasteiger partial charge in [0, 0.05) is 18.5 Å². The molecule has 0 aliphatic rings. The van der Waals surface area contributed by atoms with Crippen LogP contribution in [-0.2, 0) is 11.0 Å². The van der Waals surface area contributed by atoms with Crippen molar-refractivity contribution in [3.63, 3.8) is 0 Å². The number of carbonyl (C=O) groups excluding carboxylic acids is 1. The fourth-order valence-electron chi connectivity index (χ4n) is 2.37. The summed E-state index contributed by atoms with van der Waals surface area (Å²) >= 11 is 0. The maximum Gasteiger partial charge on any atom is 0.320 e. The van der Waals surface area contributed by atoms with Crippen molar-refractivity contribution >= 4 is 11.8 Å². The lowest BCUT2D eigenvalue weighted by molar-refractivity contribution is 0.0786. The molecule has 0 saturated heterocycles. The zero-order valence-corrected chi connectivity index (χ0v) is 15.8. The highest BCUT2D eigenvalue weighted by Gasteiger charge is 2.24. The number of nitrogens with one attached hydrogen (secondary N) is 2. The zero-order valence-electron chi connectivity index (χ0n) is 15.8. The minimum atomic E-state index is -0.902. The van der Waals surface area contributed by atoms with Crippen molar-refractivity contribution in [2.24, 2.45) is 0 Å². The Bertz CT molecular complexity index is 740. The Morgan fingerprint density at radius 2 is 1.80 bits per heavy atom. The smallest absolute Gasteiger partial charge is 0.320 e. The van der Waals surface area contributed by atoms with Gasteiger partial charge in [0.25, 0.3) is 0 Å². The number of nitrogens with zero attached hydrogens (tertiary/aromatic N) is 2. The van der Waals surface area contributed by atoms with Crippen LogP contribution in [0, 0.1) is 0 Å². The van der Waals surface area contributed by atoms with E-state index < -0.39 is 5.60 Å². The van der Waals surface area contributed by atoms with Crippen LogP contribution in [0.4, 0.5) is 10.6 Å². The molecule has 0 atom stereocenters. The second kappa shape index (κ2) is 6.88. The highest BCUT2D eigenvalue weighted by Crippen LogP contribution is 2.30. The van der Waals surface area contributed by atoms with Crippen LogP contribution in [0.3, 0.4) is 0 Å². The first kappa shape index (κ1) is 19.0. The minimum absolute atomic E-state index is 0.0998. The molecule has 6 nitrogen and oxygen atoms in total. The van der Waals surface area contributed by atoms with Gasteiger partial charge >= 0.3 is 6.03 Å². The van der Waals surface area contributed by atoms with Crippen molar-refractivity contribution in [2.45, 2.75) is 52.1 Å². The number of amides is 2. The van der Waals surface area contributed by atoms with Gasteiger partial charge < -0.3 is 10.4 Å². The molecular formula is C19H28N4O2. The Morgan fingerprint density at radius 1 is 1.20 bits per heavy atom. The largest absolute Gasteiger partial charge is 0.386 e. The zero-order chi connectivity index (χ0) is 18.8. The van der Waals surface area contributed by atoms with Gasteiger partial charge in [0.1, 0.15) is 5.82 Å². The monoisotopic (exact) mass is 344 g/mol. The number of carbonyl (C=O) groups is 1. The average Bonchev–Trinajstić information content (AvgIpc) is 2.98. The lowest BCUT2D eigenvalue weighted by Crippen LogP contribution is -2.25. The molecule has 0 fully saturated rings. The molecule has 2 amide bonds. The molecule has 25 heavy (non-hydrogen) atoms. The topological polar surface area (TPSA) is 79.2 Å². The fraction of sp³-hybridized carbons (Fsp3) is 0.474. The third-order valence-corrected chi connectivity index (χ3v) is 4.57. The standard InChI is InChI=1S/C19H28N4O2/c1-7-18(2,3)15-12-16(21-17(24)20-6)23(22-15)14-10-8-13(9-11-14)19(4,5)25/h8-12,25H,7H2,1-6H3,(H2,20,21,24). The number of hydrogen-bond acceptors (Lipinski definition) is 3. The Labute approximate surface area is 149 Å². The molecule has 0 bridgehead atoms. The van der Waals surface area contributed by atoms with E-state index in [-0.39, 0.29) is 11.4 Å². The maximum atomic E-state index is 11.8. The first-order valence-electron chi connectivity index (χ1n) is 8.51. The van der Waals surface area contributed by atoms with Crippen LogP contribution >= 0.6 is 0 Å². The first-order valence-corrected chi connectivity index (χ1v) is 8.51. The highest BCUT2D eigenvalue weighted by atomic mass is 16.3. The van der Waals surface area contributed by atoms with Crippen LogP contribution in [0.5, 0.6) is 0 Å². The van der Waals surface area contributed by atoms with Gasteiger partial charge in [-0.15, -0.1) is 0 Å². The van der Waals surface area contributed by atoms with Crippen molar-refractivity contribution in [1.82, 2.24) is 15.1 Å². The molecule has 136 valence electrons. The van der Waals surface area contributed by atoms with E-state index in [1.807, 2.05) is 30.3 Å². The SMILES string of the molecule is CCC(C)(C)c1cc(NC(=O)NC)n(-c2ccc(C(C)(C)O)cc2)n1. The molecule has 1 aromatic heterocycles. The summed E-state index contributed by atoms with van der Waals surface area (Å²) in [5, 5.41) is 20.2. The quantitative estimate of drug-likeness (QED) is 0.776. The summed E-state index contributed by atoms with van der Waals surface area (Å²) in [4.78, 5) is 11.8. The molecule has 0 saturated carbocycles. The summed E-state index contributed by atoms with van der Waals surface area (Å²) in [5.74, 6) is 0.604. The second-order valence-electron chi connectivity index (χ2n) is 7.37. The highest BCUT2D eigenvalue weighted by molar-refractivity contribution is 5.88. The van der Waals surface area contributed by atoms with Crippen LogP contribution in [0.2, 0.25) is 0 Å².